The van der Waals surface area contributed by atoms with Crippen molar-refractivity contribution >= 4 is 32.2 Å². The molecule has 0 aliphatic carbocycles. The van der Waals surface area contributed by atoms with Gasteiger partial charge in [-0.05, 0) is 18.2 Å². The number of sulfonamides is 1. The molecule has 2 rings (SSSR count). The van der Waals surface area contributed by atoms with Crippen molar-refractivity contribution in [1.29, 1.82) is 5.26 Å². The number of anilines is 2. The molecule has 1 aromatic carbocycles. The number of hydrogen-bond donors (Lipinski definition) is 2. The molecule has 0 bridgehead atoms. The van der Waals surface area contributed by atoms with E-state index in [1.54, 1.807) is 0 Å². The molecule has 1 heterocycles. The van der Waals surface area contributed by atoms with Crippen LogP contribution in [-0.4, -0.2) is 18.6 Å². The largest absolute Gasteiger partial charge is 0.398 e. The van der Waals surface area contributed by atoms with E-state index in [1.807, 2.05) is 6.07 Å². The summed E-state index contributed by atoms with van der Waals surface area (Å²) in [5.41, 5.74) is 7.31. The third-order valence-electron chi connectivity index (χ3n) is 2.01. The zero-order chi connectivity index (χ0) is 13.2. The number of nitriles is 1. The van der Waals surface area contributed by atoms with Crippen LogP contribution in [0.2, 0.25) is 0 Å². The van der Waals surface area contributed by atoms with Crippen molar-refractivity contribution in [1.82, 2.24) is 10.2 Å². The summed E-state index contributed by atoms with van der Waals surface area (Å²) in [6, 6.07) is 5.83. The summed E-state index contributed by atoms with van der Waals surface area (Å²) in [7, 11) is -3.82. The molecule has 0 aliphatic heterocycles. The van der Waals surface area contributed by atoms with Gasteiger partial charge in [0, 0.05) is 0 Å². The quantitative estimate of drug-likeness (QED) is 0.802. The normalized spacial score (nSPS) is 10.8. The average molecular weight is 281 g/mol. The topological polar surface area (TPSA) is 122 Å². The number of nitrogen functional groups attached to an aromatic ring is 1. The molecular weight excluding hydrogens is 274 g/mol. The third kappa shape index (κ3) is 2.39. The van der Waals surface area contributed by atoms with Gasteiger partial charge in [0.1, 0.15) is 10.4 Å². The van der Waals surface area contributed by atoms with Gasteiger partial charge in [0.05, 0.1) is 17.3 Å². The Hall–Kier alpha value is -2.18. The van der Waals surface area contributed by atoms with Crippen LogP contribution < -0.4 is 10.5 Å². The van der Waals surface area contributed by atoms with Crippen LogP contribution in [0.4, 0.5) is 10.8 Å². The summed E-state index contributed by atoms with van der Waals surface area (Å²) >= 11 is 1.05. The van der Waals surface area contributed by atoms with E-state index in [-0.39, 0.29) is 15.7 Å². The Bertz CT molecular complexity index is 703. The highest BCUT2D eigenvalue weighted by molar-refractivity contribution is 7.93. The van der Waals surface area contributed by atoms with E-state index in [2.05, 4.69) is 14.9 Å². The molecular formula is C9H7N5O2S2. The van der Waals surface area contributed by atoms with Crippen molar-refractivity contribution < 1.29 is 8.42 Å². The van der Waals surface area contributed by atoms with Crippen LogP contribution in [0.25, 0.3) is 0 Å². The number of benzene rings is 1. The summed E-state index contributed by atoms with van der Waals surface area (Å²) < 4.78 is 26.2. The second-order valence-corrected chi connectivity index (χ2v) is 5.70. The van der Waals surface area contributed by atoms with Crippen LogP contribution >= 0.6 is 11.3 Å². The second kappa shape index (κ2) is 4.59. The molecule has 0 fully saturated rings. The first-order valence-corrected chi connectivity index (χ1v) is 6.98. The fourth-order valence-corrected chi connectivity index (χ4v) is 3.06. The zero-order valence-corrected chi connectivity index (χ0v) is 10.5. The van der Waals surface area contributed by atoms with Gasteiger partial charge in [-0.15, -0.1) is 10.2 Å². The fraction of sp³-hybridized carbons (Fsp3) is 0. The molecule has 18 heavy (non-hydrogen) atoms. The average Bonchev–Trinajstić information content (AvgIpc) is 2.80. The van der Waals surface area contributed by atoms with Gasteiger partial charge >= 0.3 is 0 Å². The van der Waals surface area contributed by atoms with E-state index < -0.39 is 10.0 Å². The number of nitrogens with zero attached hydrogens (tertiary/aromatic N) is 3. The minimum atomic E-state index is -3.82. The first-order valence-electron chi connectivity index (χ1n) is 4.61. The molecule has 0 amide bonds. The first kappa shape index (κ1) is 12.3. The fourth-order valence-electron chi connectivity index (χ4n) is 1.25. The minimum Gasteiger partial charge on any atom is -0.398 e. The standard InChI is InChI=1S/C9H7N5O2S2/c10-4-6-1-2-8(7(11)3-6)18(15,16)14-9-13-12-5-17-9/h1-3,5H,11H2,(H,13,14). The van der Waals surface area contributed by atoms with Gasteiger partial charge in [-0.3, -0.25) is 4.72 Å². The monoisotopic (exact) mass is 281 g/mol. The van der Waals surface area contributed by atoms with Crippen LogP contribution in [0.1, 0.15) is 5.56 Å². The Morgan fingerprint density at radius 2 is 2.22 bits per heavy atom. The summed E-state index contributed by atoms with van der Waals surface area (Å²) in [6.45, 7) is 0. The SMILES string of the molecule is N#Cc1ccc(S(=O)(=O)Nc2nncs2)c(N)c1. The van der Waals surface area contributed by atoms with E-state index >= 15 is 0 Å². The van der Waals surface area contributed by atoms with Gasteiger partial charge in [0.25, 0.3) is 10.0 Å². The molecule has 0 atom stereocenters. The van der Waals surface area contributed by atoms with Gasteiger partial charge in [-0.25, -0.2) is 8.42 Å². The van der Waals surface area contributed by atoms with E-state index in [9.17, 15) is 8.42 Å². The van der Waals surface area contributed by atoms with Gasteiger partial charge in [-0.2, -0.15) is 5.26 Å². The van der Waals surface area contributed by atoms with Crippen LogP contribution in [-0.2, 0) is 10.0 Å². The highest BCUT2D eigenvalue weighted by atomic mass is 32.2. The van der Waals surface area contributed by atoms with Crippen molar-refractivity contribution in [3.8, 4) is 6.07 Å². The summed E-state index contributed by atoms with van der Waals surface area (Å²) in [4.78, 5) is -0.100. The van der Waals surface area contributed by atoms with Crippen LogP contribution in [0.15, 0.2) is 28.6 Å². The number of hydrogen-bond acceptors (Lipinski definition) is 7. The lowest BCUT2D eigenvalue weighted by Gasteiger charge is -2.07. The van der Waals surface area contributed by atoms with Crippen molar-refractivity contribution in [2.45, 2.75) is 4.90 Å². The number of nitrogens with one attached hydrogen (secondary N) is 1. The second-order valence-electron chi connectivity index (χ2n) is 3.21. The summed E-state index contributed by atoms with van der Waals surface area (Å²) in [5, 5.41) is 15.9. The maximum Gasteiger partial charge on any atom is 0.265 e. The Morgan fingerprint density at radius 1 is 1.44 bits per heavy atom. The summed E-state index contributed by atoms with van der Waals surface area (Å²) in [6.07, 6.45) is 0. The van der Waals surface area contributed by atoms with E-state index in [4.69, 9.17) is 11.0 Å². The molecule has 0 radical (unpaired) electrons. The smallest absolute Gasteiger partial charge is 0.265 e. The highest BCUT2D eigenvalue weighted by Crippen LogP contribution is 2.22. The Kier molecular flexibility index (Phi) is 3.14. The molecule has 0 unspecified atom stereocenters. The van der Waals surface area contributed by atoms with Crippen molar-refractivity contribution in [2.24, 2.45) is 0 Å². The Labute approximate surface area is 107 Å². The lowest BCUT2D eigenvalue weighted by Crippen LogP contribution is -2.14. The van der Waals surface area contributed by atoms with E-state index in [1.165, 1.54) is 23.7 Å². The molecule has 3 N–H and O–H groups in total. The van der Waals surface area contributed by atoms with Gasteiger partial charge in [-0.1, -0.05) is 11.3 Å². The molecule has 0 saturated carbocycles. The van der Waals surface area contributed by atoms with Crippen LogP contribution in [0.3, 0.4) is 0 Å². The molecule has 7 nitrogen and oxygen atoms in total. The predicted octanol–water partition coefficient (Wildman–Crippen LogP) is 0.793. The molecule has 9 heteroatoms. The van der Waals surface area contributed by atoms with Gasteiger partial charge in [0.15, 0.2) is 0 Å². The molecule has 0 aliphatic rings. The van der Waals surface area contributed by atoms with Crippen molar-refractivity contribution in [3.05, 3.63) is 29.3 Å². The maximum atomic E-state index is 12.0. The van der Waals surface area contributed by atoms with Crippen molar-refractivity contribution in [2.75, 3.05) is 10.5 Å². The van der Waals surface area contributed by atoms with Crippen LogP contribution in [0.5, 0.6) is 0 Å². The molecule has 2 aromatic rings. The number of aromatic nitrogens is 2. The number of rotatable bonds is 3. The minimum absolute atomic E-state index is 0.00562. The van der Waals surface area contributed by atoms with Gasteiger partial charge in [0.2, 0.25) is 5.13 Å². The van der Waals surface area contributed by atoms with E-state index in [0.717, 1.165) is 11.3 Å². The summed E-state index contributed by atoms with van der Waals surface area (Å²) in [5.74, 6) is 0. The molecule has 0 saturated heterocycles. The Morgan fingerprint density at radius 3 is 2.78 bits per heavy atom. The lowest BCUT2D eigenvalue weighted by molar-refractivity contribution is 0.601. The first-order chi connectivity index (χ1) is 8.53. The third-order valence-corrected chi connectivity index (χ3v) is 4.16. The van der Waals surface area contributed by atoms with Crippen LogP contribution in [0, 0.1) is 11.3 Å². The Balaban J connectivity index is 2.39. The number of nitrogens with two attached hydrogens (primary N) is 1. The predicted molar refractivity (Wildman–Crippen MR) is 66.3 cm³/mol. The van der Waals surface area contributed by atoms with E-state index in [0.29, 0.717) is 5.56 Å². The zero-order valence-electron chi connectivity index (χ0n) is 8.86. The molecule has 0 spiro atoms. The highest BCUT2D eigenvalue weighted by Gasteiger charge is 2.19. The lowest BCUT2D eigenvalue weighted by atomic mass is 10.2. The van der Waals surface area contributed by atoms with Gasteiger partial charge < -0.3 is 5.73 Å². The van der Waals surface area contributed by atoms with Crippen molar-refractivity contribution in [3.63, 3.8) is 0 Å². The molecule has 1 aromatic heterocycles. The maximum absolute atomic E-state index is 12.0. The molecule has 92 valence electrons.